The first-order chi connectivity index (χ1) is 15.1. The standard InChI is InChI=1S/C21H24BN6O2S/c1-22-28-11-8-15(13-28)20(30)23-12-19(29)26-21-25-17(14-31-21)16-6-5-7-18(24-16)27-9-3-2-4-10-27/h5-8,11,13-14H,2-4,9-10,12H2,1H3,(H,23,30)(H,25,26,29). The molecular weight excluding hydrogens is 411 g/mol. The second-order valence-corrected chi connectivity index (χ2v) is 8.16. The average molecular weight is 435 g/mol. The summed E-state index contributed by atoms with van der Waals surface area (Å²) in [6, 6.07) is 7.64. The van der Waals surface area contributed by atoms with Gasteiger partial charge < -0.3 is 20.0 Å². The van der Waals surface area contributed by atoms with Gasteiger partial charge in [0.2, 0.25) is 13.3 Å². The summed E-state index contributed by atoms with van der Waals surface area (Å²) in [5, 5.41) is 7.71. The largest absolute Gasteiger partial charge is 0.402 e. The molecule has 1 fully saturated rings. The van der Waals surface area contributed by atoms with E-state index in [1.165, 1.54) is 30.6 Å². The van der Waals surface area contributed by atoms with Gasteiger partial charge in [-0.2, -0.15) is 0 Å². The molecule has 0 aliphatic carbocycles. The van der Waals surface area contributed by atoms with Gasteiger partial charge in [-0.05, 0) is 43.7 Å². The van der Waals surface area contributed by atoms with E-state index in [-0.39, 0.29) is 18.4 Å². The molecule has 0 bridgehead atoms. The topological polar surface area (TPSA) is 92.2 Å². The molecule has 0 spiro atoms. The van der Waals surface area contributed by atoms with E-state index >= 15 is 0 Å². The van der Waals surface area contributed by atoms with Crippen LogP contribution in [0.5, 0.6) is 0 Å². The molecule has 159 valence electrons. The second kappa shape index (κ2) is 9.78. The minimum Gasteiger partial charge on any atom is -0.402 e. The highest BCUT2D eigenvalue weighted by Gasteiger charge is 2.15. The van der Waals surface area contributed by atoms with Gasteiger partial charge >= 0.3 is 0 Å². The molecule has 0 atom stereocenters. The normalized spacial score (nSPS) is 13.6. The third kappa shape index (κ3) is 5.32. The minimum absolute atomic E-state index is 0.128. The molecule has 4 heterocycles. The van der Waals surface area contributed by atoms with E-state index < -0.39 is 0 Å². The molecule has 0 aromatic carbocycles. The number of piperidine rings is 1. The Morgan fingerprint density at radius 1 is 1.13 bits per heavy atom. The number of carbonyl (C=O) groups is 2. The zero-order valence-electron chi connectivity index (χ0n) is 17.4. The smallest absolute Gasteiger partial charge is 0.253 e. The maximum atomic E-state index is 12.2. The number of hydrogen-bond donors (Lipinski definition) is 2. The zero-order valence-corrected chi connectivity index (χ0v) is 18.2. The van der Waals surface area contributed by atoms with Crippen molar-refractivity contribution in [3.63, 3.8) is 0 Å². The molecule has 2 N–H and O–H groups in total. The number of rotatable bonds is 7. The maximum absolute atomic E-state index is 12.2. The molecule has 0 unspecified atom stereocenters. The van der Waals surface area contributed by atoms with E-state index in [4.69, 9.17) is 4.98 Å². The number of nitrogens with zero attached hydrogens (tertiary/aromatic N) is 4. The monoisotopic (exact) mass is 435 g/mol. The Morgan fingerprint density at radius 2 is 1.97 bits per heavy atom. The third-order valence-electron chi connectivity index (χ3n) is 5.11. The third-order valence-corrected chi connectivity index (χ3v) is 5.87. The summed E-state index contributed by atoms with van der Waals surface area (Å²) < 4.78 is 1.78. The van der Waals surface area contributed by atoms with Gasteiger partial charge in [0, 0.05) is 24.7 Å². The summed E-state index contributed by atoms with van der Waals surface area (Å²) in [6.45, 7) is 3.80. The molecule has 0 saturated carbocycles. The number of thiazole rings is 1. The van der Waals surface area contributed by atoms with Gasteiger partial charge in [0.25, 0.3) is 5.91 Å². The molecule has 3 aromatic rings. The molecule has 31 heavy (non-hydrogen) atoms. The number of pyridine rings is 1. The van der Waals surface area contributed by atoms with Crippen molar-refractivity contribution >= 4 is 41.5 Å². The van der Waals surface area contributed by atoms with Crippen LogP contribution < -0.4 is 15.5 Å². The summed E-state index contributed by atoms with van der Waals surface area (Å²) in [5.74, 6) is 0.341. The zero-order chi connectivity index (χ0) is 21.6. The van der Waals surface area contributed by atoms with E-state index in [2.05, 4.69) is 20.5 Å². The Kier molecular flexibility index (Phi) is 6.66. The van der Waals surface area contributed by atoms with Crippen LogP contribution in [0.15, 0.2) is 42.0 Å². The Balaban J connectivity index is 1.33. The number of aromatic nitrogens is 3. The van der Waals surface area contributed by atoms with Crippen LogP contribution in [0.3, 0.4) is 0 Å². The summed E-state index contributed by atoms with van der Waals surface area (Å²) in [6.07, 6.45) is 7.14. The molecule has 8 nitrogen and oxygen atoms in total. The van der Waals surface area contributed by atoms with Crippen LogP contribution >= 0.6 is 11.3 Å². The van der Waals surface area contributed by atoms with E-state index in [1.807, 2.05) is 37.8 Å². The van der Waals surface area contributed by atoms with Gasteiger partial charge in [-0.3, -0.25) is 9.59 Å². The van der Waals surface area contributed by atoms with Gasteiger partial charge in [0.15, 0.2) is 5.13 Å². The van der Waals surface area contributed by atoms with Crippen molar-refractivity contribution in [2.45, 2.75) is 26.1 Å². The first-order valence-corrected chi connectivity index (χ1v) is 11.2. The predicted octanol–water partition coefficient (Wildman–Crippen LogP) is 2.88. The van der Waals surface area contributed by atoms with Crippen molar-refractivity contribution < 1.29 is 9.59 Å². The number of amides is 2. The molecular formula is C21H24BN6O2S. The SMILES string of the molecule is C[B]n1ccc(C(=O)NCC(=O)Nc2nc(-c3cccc(N4CCCCC4)n3)cs2)c1. The van der Waals surface area contributed by atoms with Crippen molar-refractivity contribution in [1.82, 2.24) is 19.8 Å². The predicted molar refractivity (Wildman–Crippen MR) is 124 cm³/mol. The highest BCUT2D eigenvalue weighted by molar-refractivity contribution is 7.14. The fourth-order valence-electron chi connectivity index (χ4n) is 3.45. The van der Waals surface area contributed by atoms with Gasteiger partial charge in [-0.25, -0.2) is 9.97 Å². The molecule has 1 saturated heterocycles. The van der Waals surface area contributed by atoms with Crippen LogP contribution in [-0.2, 0) is 4.79 Å². The Labute approximate surface area is 186 Å². The van der Waals surface area contributed by atoms with E-state index in [1.54, 1.807) is 22.9 Å². The van der Waals surface area contributed by atoms with Crippen LogP contribution in [0.1, 0.15) is 29.6 Å². The first kappa shape index (κ1) is 21.1. The lowest BCUT2D eigenvalue weighted by Gasteiger charge is -2.27. The minimum atomic E-state index is -0.328. The van der Waals surface area contributed by atoms with Crippen LogP contribution in [0.4, 0.5) is 10.9 Å². The molecule has 2 amide bonds. The first-order valence-electron chi connectivity index (χ1n) is 10.4. The van der Waals surface area contributed by atoms with Crippen molar-refractivity contribution in [3.05, 3.63) is 47.6 Å². The van der Waals surface area contributed by atoms with E-state index in [0.29, 0.717) is 10.7 Å². The fourth-order valence-corrected chi connectivity index (χ4v) is 4.17. The quantitative estimate of drug-likeness (QED) is 0.557. The Morgan fingerprint density at radius 3 is 2.74 bits per heavy atom. The van der Waals surface area contributed by atoms with E-state index in [0.717, 1.165) is 30.3 Å². The average Bonchev–Trinajstić information content (AvgIpc) is 3.48. The number of hydrogen-bond acceptors (Lipinski definition) is 6. The fraction of sp³-hybridized carbons (Fsp3) is 0.333. The van der Waals surface area contributed by atoms with E-state index in [9.17, 15) is 9.59 Å². The van der Waals surface area contributed by atoms with Gasteiger partial charge in [0.1, 0.15) is 11.5 Å². The second-order valence-electron chi connectivity index (χ2n) is 7.30. The highest BCUT2D eigenvalue weighted by atomic mass is 32.1. The van der Waals surface area contributed by atoms with Gasteiger partial charge in [0.05, 0.1) is 17.8 Å². The Bertz CT molecular complexity index is 1060. The van der Waals surface area contributed by atoms with Crippen molar-refractivity contribution in [2.24, 2.45) is 0 Å². The lowest BCUT2D eigenvalue weighted by molar-refractivity contribution is -0.115. The molecule has 1 aliphatic heterocycles. The molecule has 1 aliphatic rings. The van der Waals surface area contributed by atoms with Crippen LogP contribution in [0, 0.1) is 0 Å². The van der Waals surface area contributed by atoms with Gasteiger partial charge in [-0.1, -0.05) is 12.9 Å². The van der Waals surface area contributed by atoms with Crippen molar-refractivity contribution in [2.75, 3.05) is 29.9 Å². The molecule has 10 heteroatoms. The number of anilines is 2. The lowest BCUT2D eigenvalue weighted by Crippen LogP contribution is -2.32. The van der Waals surface area contributed by atoms with Crippen molar-refractivity contribution in [1.29, 1.82) is 0 Å². The highest BCUT2D eigenvalue weighted by Crippen LogP contribution is 2.26. The molecule has 1 radical (unpaired) electrons. The number of nitrogens with one attached hydrogen (secondary N) is 2. The Hall–Kier alpha value is -3.14. The molecule has 3 aromatic heterocycles. The van der Waals surface area contributed by atoms with Crippen LogP contribution in [0.25, 0.3) is 11.4 Å². The number of carbonyl (C=O) groups excluding carboxylic acids is 2. The summed E-state index contributed by atoms with van der Waals surface area (Å²) >= 11 is 1.33. The van der Waals surface area contributed by atoms with Gasteiger partial charge in [-0.15, -0.1) is 11.3 Å². The maximum Gasteiger partial charge on any atom is 0.253 e. The summed E-state index contributed by atoms with van der Waals surface area (Å²) in [7, 11) is 1.83. The molecule has 4 rings (SSSR count). The van der Waals surface area contributed by atoms with Crippen LogP contribution in [-0.4, -0.2) is 53.3 Å². The lowest BCUT2D eigenvalue weighted by atomic mass is 10.0. The van der Waals surface area contributed by atoms with Crippen molar-refractivity contribution in [3.8, 4) is 11.4 Å². The summed E-state index contributed by atoms with van der Waals surface area (Å²) in [5.41, 5.74) is 2.01. The van der Waals surface area contributed by atoms with Crippen LogP contribution in [0.2, 0.25) is 6.82 Å². The summed E-state index contributed by atoms with van der Waals surface area (Å²) in [4.78, 5) is 35.9.